The standard InChI is InChI=1S/C16H25NO3/c1-15(2,3)12-6-8-13(9-7-12)20-11-10-16(4,17-5)14(18)19/h6-9,17H,10-11H2,1-5H3,(H,18,19). The van der Waals surface area contributed by atoms with Crippen LogP contribution in [0, 0.1) is 0 Å². The van der Waals surface area contributed by atoms with Crippen molar-refractivity contribution in [1.29, 1.82) is 0 Å². The predicted molar refractivity (Wildman–Crippen MR) is 80.4 cm³/mol. The zero-order chi connectivity index (χ0) is 15.4. The molecule has 20 heavy (non-hydrogen) atoms. The Morgan fingerprint density at radius 2 is 1.75 bits per heavy atom. The van der Waals surface area contributed by atoms with Crippen LogP contribution in [0.4, 0.5) is 0 Å². The fourth-order valence-electron chi connectivity index (χ4n) is 1.76. The summed E-state index contributed by atoms with van der Waals surface area (Å²) in [6.07, 6.45) is 0.403. The van der Waals surface area contributed by atoms with Gasteiger partial charge < -0.3 is 15.2 Å². The number of hydrogen-bond acceptors (Lipinski definition) is 3. The molecule has 0 aliphatic rings. The van der Waals surface area contributed by atoms with Crippen LogP contribution in [0.15, 0.2) is 24.3 Å². The number of aliphatic carboxylic acids is 1. The molecule has 4 nitrogen and oxygen atoms in total. The number of ether oxygens (including phenoxy) is 1. The zero-order valence-electron chi connectivity index (χ0n) is 13.0. The van der Waals surface area contributed by atoms with Crippen LogP contribution in [0.5, 0.6) is 5.75 Å². The van der Waals surface area contributed by atoms with Crippen LogP contribution in [0.1, 0.15) is 39.7 Å². The van der Waals surface area contributed by atoms with Crippen LogP contribution < -0.4 is 10.1 Å². The Balaban J connectivity index is 2.57. The first kappa shape index (κ1) is 16.5. The Labute approximate surface area is 121 Å². The van der Waals surface area contributed by atoms with Crippen molar-refractivity contribution in [1.82, 2.24) is 5.32 Å². The summed E-state index contributed by atoms with van der Waals surface area (Å²) in [5.74, 6) is -0.103. The van der Waals surface area contributed by atoms with Crippen LogP contribution in [-0.4, -0.2) is 30.3 Å². The Kier molecular flexibility index (Phi) is 5.17. The molecule has 0 amide bonds. The molecule has 0 fully saturated rings. The molecule has 0 bridgehead atoms. The van der Waals surface area contributed by atoms with Gasteiger partial charge in [0.25, 0.3) is 0 Å². The Hall–Kier alpha value is -1.55. The van der Waals surface area contributed by atoms with E-state index in [4.69, 9.17) is 9.84 Å². The summed E-state index contributed by atoms with van der Waals surface area (Å²) in [5, 5.41) is 12.0. The number of carboxylic acid groups (broad SMARTS) is 1. The van der Waals surface area contributed by atoms with E-state index in [1.54, 1.807) is 14.0 Å². The van der Waals surface area contributed by atoms with Crippen LogP contribution in [0.25, 0.3) is 0 Å². The van der Waals surface area contributed by atoms with Gasteiger partial charge in [0, 0.05) is 6.42 Å². The summed E-state index contributed by atoms with van der Waals surface area (Å²) in [6, 6.07) is 7.95. The Morgan fingerprint density at radius 3 is 2.15 bits per heavy atom. The van der Waals surface area contributed by atoms with Crippen molar-refractivity contribution in [2.45, 2.75) is 45.1 Å². The minimum absolute atomic E-state index is 0.118. The maximum Gasteiger partial charge on any atom is 0.323 e. The van der Waals surface area contributed by atoms with E-state index in [9.17, 15) is 4.79 Å². The van der Waals surface area contributed by atoms with Crippen molar-refractivity contribution in [2.24, 2.45) is 0 Å². The topological polar surface area (TPSA) is 58.6 Å². The molecular weight excluding hydrogens is 254 g/mol. The van der Waals surface area contributed by atoms with Crippen LogP contribution in [0.3, 0.4) is 0 Å². The summed E-state index contributed by atoms with van der Waals surface area (Å²) >= 11 is 0. The van der Waals surface area contributed by atoms with Gasteiger partial charge in [-0.3, -0.25) is 4.79 Å². The van der Waals surface area contributed by atoms with Crippen molar-refractivity contribution in [3.8, 4) is 5.75 Å². The minimum Gasteiger partial charge on any atom is -0.494 e. The van der Waals surface area contributed by atoms with Gasteiger partial charge >= 0.3 is 5.97 Å². The van der Waals surface area contributed by atoms with E-state index < -0.39 is 11.5 Å². The molecule has 2 N–H and O–H groups in total. The molecule has 1 aromatic rings. The van der Waals surface area contributed by atoms with Crippen LogP contribution in [0.2, 0.25) is 0 Å². The summed E-state index contributed by atoms with van der Waals surface area (Å²) < 4.78 is 5.62. The number of benzene rings is 1. The van der Waals surface area contributed by atoms with E-state index in [0.29, 0.717) is 13.0 Å². The van der Waals surface area contributed by atoms with Crippen molar-refractivity contribution in [3.63, 3.8) is 0 Å². The largest absolute Gasteiger partial charge is 0.494 e. The lowest BCUT2D eigenvalue weighted by atomic mass is 9.87. The highest BCUT2D eigenvalue weighted by Crippen LogP contribution is 2.24. The van der Waals surface area contributed by atoms with E-state index in [-0.39, 0.29) is 5.41 Å². The summed E-state index contributed by atoms with van der Waals surface area (Å²) in [5.41, 5.74) is 0.410. The summed E-state index contributed by atoms with van der Waals surface area (Å²) in [4.78, 5) is 11.1. The highest BCUT2D eigenvalue weighted by Gasteiger charge is 2.30. The van der Waals surface area contributed by atoms with Gasteiger partial charge in [0.05, 0.1) is 6.61 Å². The third kappa shape index (κ3) is 4.23. The lowest BCUT2D eigenvalue weighted by Crippen LogP contribution is -2.48. The molecule has 1 rings (SSSR count). The van der Waals surface area contributed by atoms with Gasteiger partial charge in [0.1, 0.15) is 11.3 Å². The summed E-state index contributed by atoms with van der Waals surface area (Å²) in [6.45, 7) is 8.50. The number of carbonyl (C=O) groups is 1. The second-order valence-electron chi connectivity index (χ2n) is 6.26. The average molecular weight is 279 g/mol. The highest BCUT2D eigenvalue weighted by molar-refractivity contribution is 5.78. The van der Waals surface area contributed by atoms with Crippen LogP contribution in [-0.2, 0) is 10.2 Å². The molecule has 1 aromatic carbocycles. The van der Waals surface area contributed by atoms with Crippen LogP contribution >= 0.6 is 0 Å². The molecular formula is C16H25NO3. The van der Waals surface area contributed by atoms with E-state index >= 15 is 0 Å². The zero-order valence-corrected chi connectivity index (χ0v) is 13.0. The number of hydrogen-bond donors (Lipinski definition) is 2. The first-order chi connectivity index (χ1) is 9.19. The molecule has 112 valence electrons. The van der Waals surface area contributed by atoms with Gasteiger partial charge in [-0.1, -0.05) is 32.9 Å². The monoisotopic (exact) mass is 279 g/mol. The molecule has 1 unspecified atom stereocenters. The van der Waals surface area contributed by atoms with E-state index in [1.165, 1.54) is 5.56 Å². The van der Waals surface area contributed by atoms with Crippen molar-refractivity contribution in [3.05, 3.63) is 29.8 Å². The maximum absolute atomic E-state index is 11.1. The first-order valence-electron chi connectivity index (χ1n) is 6.85. The molecule has 0 spiro atoms. The fourth-order valence-corrected chi connectivity index (χ4v) is 1.76. The second-order valence-corrected chi connectivity index (χ2v) is 6.26. The van der Waals surface area contributed by atoms with Gasteiger partial charge in [0.15, 0.2) is 0 Å². The Bertz CT molecular complexity index is 448. The molecule has 0 aliphatic carbocycles. The highest BCUT2D eigenvalue weighted by atomic mass is 16.5. The Morgan fingerprint density at radius 1 is 1.20 bits per heavy atom. The third-order valence-electron chi connectivity index (χ3n) is 3.61. The van der Waals surface area contributed by atoms with E-state index in [1.807, 2.05) is 24.3 Å². The maximum atomic E-state index is 11.1. The van der Waals surface area contributed by atoms with Gasteiger partial charge in [-0.2, -0.15) is 0 Å². The average Bonchev–Trinajstić information content (AvgIpc) is 2.37. The molecule has 0 saturated carbocycles. The molecule has 0 radical (unpaired) electrons. The van der Waals surface area contributed by atoms with Gasteiger partial charge in [-0.05, 0) is 37.1 Å². The predicted octanol–water partition coefficient (Wildman–Crippen LogP) is 2.82. The van der Waals surface area contributed by atoms with E-state index in [0.717, 1.165) is 5.75 Å². The smallest absolute Gasteiger partial charge is 0.323 e. The number of nitrogens with one attached hydrogen (secondary N) is 1. The van der Waals surface area contributed by atoms with Crippen molar-refractivity contribution < 1.29 is 14.6 Å². The molecule has 0 saturated heterocycles. The second kappa shape index (κ2) is 6.27. The minimum atomic E-state index is -0.953. The van der Waals surface area contributed by atoms with Gasteiger partial charge in [-0.15, -0.1) is 0 Å². The molecule has 0 aliphatic heterocycles. The molecule has 1 atom stereocenters. The quantitative estimate of drug-likeness (QED) is 0.840. The molecule has 0 aromatic heterocycles. The molecule has 0 heterocycles. The van der Waals surface area contributed by atoms with Crippen molar-refractivity contribution in [2.75, 3.05) is 13.7 Å². The number of rotatable bonds is 6. The number of likely N-dealkylation sites (N-methyl/N-ethyl adjacent to an activating group) is 1. The van der Waals surface area contributed by atoms with E-state index in [2.05, 4.69) is 26.1 Å². The fraction of sp³-hybridized carbons (Fsp3) is 0.562. The normalized spacial score (nSPS) is 14.7. The van der Waals surface area contributed by atoms with Gasteiger partial charge in [0.2, 0.25) is 0 Å². The van der Waals surface area contributed by atoms with Crippen molar-refractivity contribution >= 4 is 5.97 Å². The number of carboxylic acids is 1. The lowest BCUT2D eigenvalue weighted by Gasteiger charge is -2.24. The SMILES string of the molecule is CNC(C)(CCOc1ccc(C(C)(C)C)cc1)C(=O)O. The lowest BCUT2D eigenvalue weighted by molar-refractivity contribution is -0.144. The first-order valence-corrected chi connectivity index (χ1v) is 6.85. The summed E-state index contributed by atoms with van der Waals surface area (Å²) in [7, 11) is 1.65. The third-order valence-corrected chi connectivity index (χ3v) is 3.61. The molecule has 4 heteroatoms. The van der Waals surface area contributed by atoms with Gasteiger partial charge in [-0.25, -0.2) is 0 Å².